The highest BCUT2D eigenvalue weighted by Crippen LogP contribution is 2.27. The van der Waals surface area contributed by atoms with E-state index in [-0.39, 0.29) is 31.3 Å². The maximum atomic E-state index is 13.7. The van der Waals surface area contributed by atoms with Gasteiger partial charge in [0.1, 0.15) is 17.7 Å². The summed E-state index contributed by atoms with van der Waals surface area (Å²) in [6, 6.07) is 16.0. The molecule has 4 rings (SSSR count). The molecule has 1 aliphatic heterocycles. The first-order valence-corrected chi connectivity index (χ1v) is 11.9. The van der Waals surface area contributed by atoms with E-state index in [0.29, 0.717) is 16.7 Å². The van der Waals surface area contributed by atoms with Gasteiger partial charge in [-0.1, -0.05) is 49.4 Å². The highest BCUT2D eigenvalue weighted by Gasteiger charge is 2.36. The van der Waals surface area contributed by atoms with Crippen LogP contribution in [0.25, 0.3) is 0 Å². The lowest BCUT2D eigenvalue weighted by Crippen LogP contribution is -2.48. The lowest BCUT2D eigenvalue weighted by molar-refractivity contribution is -0.135. The number of nitrogens with one attached hydrogen (secondary N) is 1. The number of hydrogen-bond acceptors (Lipinski definition) is 4. The van der Waals surface area contributed by atoms with E-state index < -0.39 is 29.8 Å². The maximum absolute atomic E-state index is 13.7. The Balaban J connectivity index is 1.56. The van der Waals surface area contributed by atoms with Crippen LogP contribution in [-0.4, -0.2) is 40.5 Å². The van der Waals surface area contributed by atoms with Gasteiger partial charge in [0.2, 0.25) is 5.91 Å². The standard InChI is InChI=1S/C28H29F2N3O3/c1-2-17-6-5-7-18(10-17)15-33(28(36)26-22-8-3-4-9-23(22)27(35)32-26)16-25(34)24(31)13-19-11-20(29)14-21(30)12-19/h3-12,14,24-26,34H,2,13,15-16,31H2,1H3,(H,32,35). The van der Waals surface area contributed by atoms with E-state index in [9.17, 15) is 23.5 Å². The second-order valence-corrected chi connectivity index (χ2v) is 9.10. The highest BCUT2D eigenvalue weighted by atomic mass is 19.1. The molecule has 3 aromatic rings. The second kappa shape index (κ2) is 11.0. The van der Waals surface area contributed by atoms with E-state index in [0.717, 1.165) is 23.6 Å². The molecule has 4 N–H and O–H groups in total. The molecule has 188 valence electrons. The Morgan fingerprint density at radius 2 is 1.72 bits per heavy atom. The predicted octanol–water partition coefficient (Wildman–Crippen LogP) is 3.27. The fourth-order valence-corrected chi connectivity index (χ4v) is 4.52. The molecule has 6 nitrogen and oxygen atoms in total. The van der Waals surface area contributed by atoms with Crippen LogP contribution < -0.4 is 11.1 Å². The molecule has 1 aliphatic rings. The molecule has 3 unspecified atom stereocenters. The van der Waals surface area contributed by atoms with Crippen molar-refractivity contribution in [1.82, 2.24) is 10.2 Å². The van der Waals surface area contributed by atoms with Gasteiger partial charge in [0, 0.05) is 30.8 Å². The summed E-state index contributed by atoms with van der Waals surface area (Å²) in [6.07, 6.45) is -0.334. The summed E-state index contributed by atoms with van der Waals surface area (Å²) in [5.74, 6) is -2.16. The number of rotatable bonds is 9. The first-order chi connectivity index (χ1) is 17.2. The van der Waals surface area contributed by atoms with E-state index in [2.05, 4.69) is 5.32 Å². The topological polar surface area (TPSA) is 95.7 Å². The Morgan fingerprint density at radius 1 is 1.03 bits per heavy atom. The molecule has 0 bridgehead atoms. The summed E-state index contributed by atoms with van der Waals surface area (Å²) < 4.78 is 27.2. The minimum absolute atomic E-state index is 0.0200. The van der Waals surface area contributed by atoms with Crippen molar-refractivity contribution in [3.63, 3.8) is 0 Å². The van der Waals surface area contributed by atoms with Gasteiger partial charge in [-0.2, -0.15) is 0 Å². The van der Waals surface area contributed by atoms with E-state index in [1.165, 1.54) is 17.0 Å². The predicted molar refractivity (Wildman–Crippen MR) is 132 cm³/mol. The van der Waals surface area contributed by atoms with Gasteiger partial charge in [-0.25, -0.2) is 8.78 Å². The third-order valence-electron chi connectivity index (χ3n) is 6.42. The van der Waals surface area contributed by atoms with E-state index in [4.69, 9.17) is 5.73 Å². The Hall–Kier alpha value is -3.62. The maximum Gasteiger partial charge on any atom is 0.252 e. The molecule has 3 atom stereocenters. The fraction of sp³-hybridized carbons (Fsp3) is 0.286. The van der Waals surface area contributed by atoms with Crippen LogP contribution >= 0.6 is 0 Å². The zero-order valence-corrected chi connectivity index (χ0v) is 20.0. The normalized spacial score (nSPS) is 16.2. The summed E-state index contributed by atoms with van der Waals surface area (Å²) in [6.45, 7) is 2.10. The number of carbonyl (C=O) groups excluding carboxylic acids is 2. The van der Waals surface area contributed by atoms with Crippen LogP contribution in [-0.2, 0) is 24.2 Å². The third kappa shape index (κ3) is 5.78. The smallest absolute Gasteiger partial charge is 0.252 e. The number of aliphatic hydroxyl groups excluding tert-OH is 1. The van der Waals surface area contributed by atoms with Crippen molar-refractivity contribution in [2.24, 2.45) is 5.73 Å². The number of amides is 2. The summed E-state index contributed by atoms with van der Waals surface area (Å²) in [5.41, 5.74) is 9.48. The van der Waals surface area contributed by atoms with Crippen LogP contribution in [0.1, 0.15) is 45.6 Å². The molecule has 36 heavy (non-hydrogen) atoms. The van der Waals surface area contributed by atoms with Gasteiger partial charge in [0.15, 0.2) is 0 Å². The first-order valence-electron chi connectivity index (χ1n) is 11.9. The molecule has 0 saturated carbocycles. The zero-order chi connectivity index (χ0) is 25.8. The quantitative estimate of drug-likeness (QED) is 0.426. The van der Waals surface area contributed by atoms with Crippen LogP contribution in [0.15, 0.2) is 66.7 Å². The van der Waals surface area contributed by atoms with E-state index in [1.54, 1.807) is 24.3 Å². The zero-order valence-electron chi connectivity index (χ0n) is 20.0. The van der Waals surface area contributed by atoms with Gasteiger partial charge < -0.3 is 21.1 Å². The van der Waals surface area contributed by atoms with Crippen molar-refractivity contribution in [3.8, 4) is 0 Å². The van der Waals surface area contributed by atoms with Gasteiger partial charge >= 0.3 is 0 Å². The lowest BCUT2D eigenvalue weighted by Gasteiger charge is -2.30. The van der Waals surface area contributed by atoms with Crippen molar-refractivity contribution in [2.45, 2.75) is 44.5 Å². The van der Waals surface area contributed by atoms with Crippen molar-refractivity contribution in [2.75, 3.05) is 6.54 Å². The number of benzene rings is 3. The number of aryl methyl sites for hydroxylation is 1. The fourth-order valence-electron chi connectivity index (χ4n) is 4.52. The van der Waals surface area contributed by atoms with Gasteiger partial charge in [-0.05, 0) is 53.3 Å². The Labute approximate surface area is 208 Å². The average Bonchev–Trinajstić information content (AvgIpc) is 3.19. The molecule has 0 aromatic heterocycles. The molecule has 0 aliphatic carbocycles. The number of fused-ring (bicyclic) bond motifs is 1. The van der Waals surface area contributed by atoms with Crippen LogP contribution in [0.5, 0.6) is 0 Å². The Morgan fingerprint density at radius 3 is 2.44 bits per heavy atom. The first kappa shape index (κ1) is 25.5. The van der Waals surface area contributed by atoms with E-state index >= 15 is 0 Å². The molecule has 8 heteroatoms. The molecule has 0 spiro atoms. The molecule has 0 radical (unpaired) electrons. The summed E-state index contributed by atoms with van der Waals surface area (Å²) in [5, 5.41) is 13.6. The van der Waals surface area contributed by atoms with Gasteiger partial charge in [0.25, 0.3) is 5.91 Å². The molecule has 2 amide bonds. The summed E-state index contributed by atoms with van der Waals surface area (Å²) >= 11 is 0. The van der Waals surface area contributed by atoms with E-state index in [1.807, 2.05) is 31.2 Å². The number of hydrogen-bond donors (Lipinski definition) is 3. The number of halogens is 2. The number of nitrogens with two attached hydrogens (primary N) is 1. The lowest BCUT2D eigenvalue weighted by atomic mass is 10.00. The SMILES string of the molecule is CCc1cccc(CN(CC(O)C(N)Cc2cc(F)cc(F)c2)C(=O)C2NC(=O)c3ccccc32)c1. The van der Waals surface area contributed by atoms with Crippen LogP contribution in [0.3, 0.4) is 0 Å². The van der Waals surface area contributed by atoms with Crippen molar-refractivity contribution < 1.29 is 23.5 Å². The molecule has 3 aromatic carbocycles. The highest BCUT2D eigenvalue weighted by molar-refractivity contribution is 6.04. The average molecular weight is 494 g/mol. The van der Waals surface area contributed by atoms with Crippen molar-refractivity contribution >= 4 is 11.8 Å². The van der Waals surface area contributed by atoms with Crippen molar-refractivity contribution in [1.29, 1.82) is 0 Å². The second-order valence-electron chi connectivity index (χ2n) is 9.10. The summed E-state index contributed by atoms with van der Waals surface area (Å²) in [4.78, 5) is 27.6. The Kier molecular flexibility index (Phi) is 7.76. The number of carbonyl (C=O) groups is 2. The van der Waals surface area contributed by atoms with Crippen LogP contribution in [0, 0.1) is 11.6 Å². The Bertz CT molecular complexity index is 1250. The van der Waals surface area contributed by atoms with Gasteiger partial charge in [-0.3, -0.25) is 9.59 Å². The molecule has 1 heterocycles. The monoisotopic (exact) mass is 493 g/mol. The van der Waals surface area contributed by atoms with Gasteiger partial charge in [0.05, 0.1) is 6.10 Å². The van der Waals surface area contributed by atoms with Crippen molar-refractivity contribution in [3.05, 3.63) is 106 Å². The molecular weight excluding hydrogens is 464 g/mol. The minimum Gasteiger partial charge on any atom is -0.390 e. The number of aliphatic hydroxyl groups is 1. The molecule has 0 saturated heterocycles. The van der Waals surface area contributed by atoms with Gasteiger partial charge in [-0.15, -0.1) is 0 Å². The summed E-state index contributed by atoms with van der Waals surface area (Å²) in [7, 11) is 0. The largest absolute Gasteiger partial charge is 0.390 e. The van der Waals surface area contributed by atoms with Crippen LogP contribution in [0.4, 0.5) is 8.78 Å². The minimum atomic E-state index is -1.18. The number of nitrogens with zero attached hydrogens (tertiary/aromatic N) is 1. The molecule has 0 fully saturated rings. The third-order valence-corrected chi connectivity index (χ3v) is 6.42. The van der Waals surface area contributed by atoms with Crippen LogP contribution in [0.2, 0.25) is 0 Å². The molecular formula is C28H29F2N3O3.